The molecule has 0 spiro atoms. The van der Waals surface area contributed by atoms with E-state index in [-0.39, 0.29) is 29.8 Å². The van der Waals surface area contributed by atoms with Crippen LogP contribution in [0.2, 0.25) is 10.0 Å². The number of carbonyl (C=O) groups excluding carboxylic acids is 1. The van der Waals surface area contributed by atoms with Crippen LogP contribution in [0.25, 0.3) is 0 Å². The first-order valence-corrected chi connectivity index (χ1v) is 14.3. The third kappa shape index (κ3) is 8.47. The maximum Gasteiger partial charge on any atom is 0.240 e. The van der Waals surface area contributed by atoms with Crippen LogP contribution in [0.5, 0.6) is 11.5 Å². The van der Waals surface area contributed by atoms with Crippen molar-refractivity contribution in [2.24, 2.45) is 5.10 Å². The van der Waals surface area contributed by atoms with Crippen molar-refractivity contribution < 1.29 is 14.6 Å². The van der Waals surface area contributed by atoms with Gasteiger partial charge in [-0.25, -0.2) is 5.43 Å². The molecule has 0 atom stereocenters. The average molecular weight is 634 g/mol. The van der Waals surface area contributed by atoms with Crippen molar-refractivity contribution in [1.82, 2.24) is 5.43 Å². The van der Waals surface area contributed by atoms with Crippen molar-refractivity contribution in [3.05, 3.63) is 90.9 Å². The van der Waals surface area contributed by atoms with Crippen LogP contribution >= 0.6 is 39.1 Å². The van der Waals surface area contributed by atoms with Gasteiger partial charge in [0.2, 0.25) is 5.91 Å². The number of carbonyl (C=O) groups is 1. The first-order chi connectivity index (χ1) is 18.2. The van der Waals surface area contributed by atoms with E-state index in [1.807, 2.05) is 42.5 Å². The summed E-state index contributed by atoms with van der Waals surface area (Å²) in [5.74, 6) is 0.618. The number of hydrazone groups is 1. The maximum absolute atomic E-state index is 12.5. The lowest BCUT2D eigenvalue weighted by Gasteiger charge is -2.28. The number of nitrogens with one attached hydrogen (secondary N) is 1. The Morgan fingerprint density at radius 1 is 1.00 bits per heavy atom. The standard InChI is InChI=1S/C31H35BrCl2N2O3/c1-30(2,3)22-13-19(14-23(28(22)38)31(4,5)6)11-12-27(37)36-35-17-20-15-24(32)29(26(34)16-20)39-18-21-9-7-8-10-25(21)33/h7-10,13-17,38H,11-12,18H2,1-6H3,(H,36,37)/b35-17-. The molecule has 1 amide bonds. The summed E-state index contributed by atoms with van der Waals surface area (Å²) in [6.45, 7) is 12.7. The Labute approximate surface area is 249 Å². The number of hydrogen-bond donors (Lipinski definition) is 2. The minimum atomic E-state index is -0.225. The van der Waals surface area contributed by atoms with Crippen LogP contribution in [-0.2, 0) is 28.7 Å². The molecule has 0 heterocycles. The summed E-state index contributed by atoms with van der Waals surface area (Å²) in [7, 11) is 0. The summed E-state index contributed by atoms with van der Waals surface area (Å²) in [5, 5.41) is 16.0. The molecule has 3 aromatic carbocycles. The van der Waals surface area contributed by atoms with Crippen LogP contribution in [0.1, 0.15) is 75.8 Å². The van der Waals surface area contributed by atoms with E-state index in [4.69, 9.17) is 27.9 Å². The molecule has 2 N–H and O–H groups in total. The highest BCUT2D eigenvalue weighted by Crippen LogP contribution is 2.40. The van der Waals surface area contributed by atoms with E-state index in [1.54, 1.807) is 6.07 Å². The molecule has 0 unspecified atom stereocenters. The summed E-state index contributed by atoms with van der Waals surface area (Å²) in [6.07, 6.45) is 2.32. The molecule has 0 bridgehead atoms. The van der Waals surface area contributed by atoms with Gasteiger partial charge in [0.1, 0.15) is 12.4 Å². The molecule has 0 saturated carbocycles. The molecular weight excluding hydrogens is 599 g/mol. The topological polar surface area (TPSA) is 70.9 Å². The van der Waals surface area contributed by atoms with E-state index in [0.29, 0.717) is 38.0 Å². The van der Waals surface area contributed by atoms with Crippen LogP contribution in [0.3, 0.4) is 0 Å². The molecule has 0 saturated heterocycles. The third-order valence-electron chi connectivity index (χ3n) is 6.18. The van der Waals surface area contributed by atoms with Gasteiger partial charge in [-0.3, -0.25) is 4.79 Å². The molecule has 208 valence electrons. The second kappa shape index (κ2) is 12.8. The second-order valence-corrected chi connectivity index (χ2v) is 13.2. The highest BCUT2D eigenvalue weighted by molar-refractivity contribution is 9.10. The number of aryl methyl sites for hydroxylation is 1. The van der Waals surface area contributed by atoms with Crippen LogP contribution < -0.4 is 10.2 Å². The number of halogens is 3. The number of ether oxygens (including phenoxy) is 1. The number of benzene rings is 3. The van der Waals surface area contributed by atoms with Crippen LogP contribution in [0.4, 0.5) is 0 Å². The molecule has 3 aromatic rings. The Kier molecular flexibility index (Phi) is 10.1. The molecule has 0 fully saturated rings. The molecule has 3 rings (SSSR count). The summed E-state index contributed by atoms with van der Waals surface area (Å²) in [5.41, 5.74) is 6.45. The van der Waals surface area contributed by atoms with Crippen molar-refractivity contribution in [2.75, 3.05) is 0 Å². The van der Waals surface area contributed by atoms with Gasteiger partial charge in [-0.1, -0.05) is 95.1 Å². The molecule has 0 aromatic heterocycles. The van der Waals surface area contributed by atoms with Gasteiger partial charge in [-0.05, 0) is 73.6 Å². The van der Waals surface area contributed by atoms with Gasteiger partial charge in [0.25, 0.3) is 0 Å². The van der Waals surface area contributed by atoms with Crippen LogP contribution in [0.15, 0.2) is 58.1 Å². The maximum atomic E-state index is 12.5. The number of amides is 1. The fourth-order valence-corrected chi connectivity index (χ4v) is 5.21. The fourth-order valence-electron chi connectivity index (χ4n) is 4.03. The first-order valence-electron chi connectivity index (χ1n) is 12.7. The monoisotopic (exact) mass is 632 g/mol. The Morgan fingerprint density at radius 2 is 1.62 bits per heavy atom. The lowest BCUT2D eigenvalue weighted by atomic mass is 9.78. The molecule has 0 aliphatic carbocycles. The summed E-state index contributed by atoms with van der Waals surface area (Å²) in [6, 6.07) is 15.0. The number of aromatic hydroxyl groups is 1. The minimum absolute atomic E-state index is 0.209. The smallest absolute Gasteiger partial charge is 0.240 e. The fraction of sp³-hybridized carbons (Fsp3) is 0.355. The molecule has 5 nitrogen and oxygen atoms in total. The van der Waals surface area contributed by atoms with Gasteiger partial charge in [-0.2, -0.15) is 5.10 Å². The Balaban J connectivity index is 1.63. The van der Waals surface area contributed by atoms with Crippen LogP contribution in [-0.4, -0.2) is 17.2 Å². The zero-order valence-electron chi connectivity index (χ0n) is 23.2. The van der Waals surface area contributed by atoms with Crippen molar-refractivity contribution in [3.8, 4) is 11.5 Å². The SMILES string of the molecule is CC(C)(C)c1cc(CCC(=O)N/N=C\c2cc(Cl)c(OCc3ccccc3Cl)c(Br)c2)cc(C(C)(C)C)c1O. The normalized spacial score (nSPS) is 12.1. The Bertz CT molecular complexity index is 1320. The molecule has 0 aliphatic heterocycles. The van der Waals surface area contributed by atoms with Crippen molar-refractivity contribution in [3.63, 3.8) is 0 Å². The number of phenols is 1. The van der Waals surface area contributed by atoms with E-state index in [0.717, 1.165) is 22.3 Å². The lowest BCUT2D eigenvalue weighted by Crippen LogP contribution is -2.20. The van der Waals surface area contributed by atoms with Gasteiger partial charge in [0, 0.05) is 17.0 Å². The number of rotatable bonds is 8. The molecule has 8 heteroatoms. The third-order valence-corrected chi connectivity index (χ3v) is 7.42. The zero-order chi connectivity index (χ0) is 29.0. The van der Waals surface area contributed by atoms with E-state index >= 15 is 0 Å². The van der Waals surface area contributed by atoms with E-state index in [1.165, 1.54) is 6.21 Å². The largest absolute Gasteiger partial charge is 0.507 e. The van der Waals surface area contributed by atoms with E-state index in [2.05, 4.69) is 68.0 Å². The van der Waals surface area contributed by atoms with Gasteiger partial charge in [-0.15, -0.1) is 0 Å². The van der Waals surface area contributed by atoms with Crippen molar-refractivity contribution in [2.45, 2.75) is 71.8 Å². The van der Waals surface area contributed by atoms with Gasteiger partial charge < -0.3 is 9.84 Å². The number of phenolic OH excluding ortho intramolecular Hbond substituents is 1. The molecule has 39 heavy (non-hydrogen) atoms. The van der Waals surface area contributed by atoms with E-state index in [9.17, 15) is 9.90 Å². The van der Waals surface area contributed by atoms with Crippen molar-refractivity contribution in [1.29, 1.82) is 0 Å². The highest BCUT2D eigenvalue weighted by atomic mass is 79.9. The second-order valence-electron chi connectivity index (χ2n) is 11.5. The number of nitrogens with zero attached hydrogens (tertiary/aromatic N) is 1. The van der Waals surface area contributed by atoms with Gasteiger partial charge >= 0.3 is 0 Å². The van der Waals surface area contributed by atoms with E-state index < -0.39 is 0 Å². The Hall–Kier alpha value is -2.54. The molecule has 0 radical (unpaired) electrons. The van der Waals surface area contributed by atoms with Gasteiger partial charge in [0.15, 0.2) is 5.75 Å². The predicted octanol–water partition coefficient (Wildman–Crippen LogP) is 8.72. The summed E-state index contributed by atoms with van der Waals surface area (Å²) >= 11 is 16.1. The first kappa shape index (κ1) is 31.0. The highest BCUT2D eigenvalue weighted by Gasteiger charge is 2.26. The number of hydrogen-bond acceptors (Lipinski definition) is 4. The average Bonchev–Trinajstić information content (AvgIpc) is 2.82. The summed E-state index contributed by atoms with van der Waals surface area (Å²) in [4.78, 5) is 12.5. The quantitative estimate of drug-likeness (QED) is 0.192. The minimum Gasteiger partial charge on any atom is -0.507 e. The summed E-state index contributed by atoms with van der Waals surface area (Å²) < 4.78 is 6.54. The molecular formula is C31H35BrCl2N2O3. The predicted molar refractivity (Wildman–Crippen MR) is 165 cm³/mol. The zero-order valence-corrected chi connectivity index (χ0v) is 26.3. The Morgan fingerprint density at radius 3 is 2.18 bits per heavy atom. The lowest BCUT2D eigenvalue weighted by molar-refractivity contribution is -0.121. The van der Waals surface area contributed by atoms with Crippen LogP contribution in [0, 0.1) is 0 Å². The van der Waals surface area contributed by atoms with Crippen molar-refractivity contribution >= 4 is 51.3 Å². The van der Waals surface area contributed by atoms with Gasteiger partial charge in [0.05, 0.1) is 15.7 Å². The molecule has 0 aliphatic rings.